The predicted octanol–water partition coefficient (Wildman–Crippen LogP) is 2.49. The Morgan fingerprint density at radius 2 is 1.88 bits per heavy atom. The standard InChI is InChI=1S/C17H16FN3O3/c18-13-7-5-12(6-8-13)15-14-4-2-1-3-11(14)9-10-21(15)17(23)20-24-16(19)22/h1-8,15H,9-10H2,(H2,19,22)(H,20,23)/t15-/m0/s1. The van der Waals surface area contributed by atoms with Crippen LogP contribution < -0.4 is 11.2 Å². The molecule has 24 heavy (non-hydrogen) atoms. The Bertz CT molecular complexity index is 764. The highest BCUT2D eigenvalue weighted by Crippen LogP contribution is 2.35. The first-order valence-electron chi connectivity index (χ1n) is 7.42. The van der Waals surface area contributed by atoms with Gasteiger partial charge in [-0.15, -0.1) is 0 Å². The molecule has 0 bridgehead atoms. The normalized spacial score (nSPS) is 16.2. The molecule has 1 aliphatic rings. The van der Waals surface area contributed by atoms with Crippen molar-refractivity contribution in [1.82, 2.24) is 10.4 Å². The molecule has 124 valence electrons. The van der Waals surface area contributed by atoms with Crippen molar-refractivity contribution in [2.45, 2.75) is 12.5 Å². The second-order valence-electron chi connectivity index (χ2n) is 5.42. The lowest BCUT2D eigenvalue weighted by Crippen LogP contribution is -2.47. The van der Waals surface area contributed by atoms with Crippen molar-refractivity contribution in [2.24, 2.45) is 5.73 Å². The third-order valence-corrected chi connectivity index (χ3v) is 3.97. The largest absolute Gasteiger partial charge is 0.428 e. The van der Waals surface area contributed by atoms with Gasteiger partial charge in [0, 0.05) is 6.54 Å². The molecule has 6 nitrogen and oxygen atoms in total. The molecule has 3 rings (SSSR count). The maximum absolute atomic E-state index is 13.3. The Balaban J connectivity index is 1.97. The van der Waals surface area contributed by atoms with Gasteiger partial charge in [-0.3, -0.25) is 0 Å². The van der Waals surface area contributed by atoms with Gasteiger partial charge in [0.2, 0.25) is 0 Å². The average molecular weight is 329 g/mol. The number of nitrogens with two attached hydrogens (primary N) is 1. The van der Waals surface area contributed by atoms with Gasteiger partial charge in [0.1, 0.15) is 5.82 Å². The first-order chi connectivity index (χ1) is 11.6. The number of hydroxylamine groups is 1. The number of fused-ring (bicyclic) bond motifs is 1. The van der Waals surface area contributed by atoms with Gasteiger partial charge in [-0.1, -0.05) is 36.4 Å². The van der Waals surface area contributed by atoms with Crippen LogP contribution in [0.15, 0.2) is 48.5 Å². The molecule has 2 aromatic rings. The van der Waals surface area contributed by atoms with E-state index in [1.165, 1.54) is 17.0 Å². The maximum Gasteiger partial charge on any atom is 0.428 e. The summed E-state index contributed by atoms with van der Waals surface area (Å²) in [5.74, 6) is -0.351. The van der Waals surface area contributed by atoms with Gasteiger partial charge in [0.25, 0.3) is 0 Å². The molecule has 0 saturated carbocycles. The number of hydrogen-bond donors (Lipinski definition) is 2. The van der Waals surface area contributed by atoms with E-state index in [1.807, 2.05) is 29.7 Å². The summed E-state index contributed by atoms with van der Waals surface area (Å²) < 4.78 is 13.3. The highest BCUT2D eigenvalue weighted by molar-refractivity contribution is 5.77. The Hall–Kier alpha value is -3.09. The molecule has 0 fully saturated rings. The van der Waals surface area contributed by atoms with Crippen LogP contribution in [0.1, 0.15) is 22.7 Å². The van der Waals surface area contributed by atoms with Crippen LogP contribution in [0.4, 0.5) is 14.0 Å². The van der Waals surface area contributed by atoms with Gasteiger partial charge >= 0.3 is 12.1 Å². The molecule has 0 radical (unpaired) electrons. The predicted molar refractivity (Wildman–Crippen MR) is 84.3 cm³/mol. The minimum atomic E-state index is -1.10. The average Bonchev–Trinajstić information content (AvgIpc) is 2.59. The van der Waals surface area contributed by atoms with Gasteiger partial charge < -0.3 is 15.5 Å². The number of amides is 3. The zero-order valence-electron chi connectivity index (χ0n) is 12.7. The van der Waals surface area contributed by atoms with E-state index in [9.17, 15) is 14.0 Å². The molecular formula is C17H16FN3O3. The summed E-state index contributed by atoms with van der Waals surface area (Å²) in [7, 11) is 0. The molecule has 3 N–H and O–H groups in total. The molecular weight excluding hydrogens is 313 g/mol. The van der Waals surface area contributed by atoms with E-state index in [0.29, 0.717) is 13.0 Å². The lowest BCUT2D eigenvalue weighted by Gasteiger charge is -2.37. The van der Waals surface area contributed by atoms with Gasteiger partial charge in [0.15, 0.2) is 0 Å². The highest BCUT2D eigenvalue weighted by atomic mass is 19.1. The second-order valence-corrected chi connectivity index (χ2v) is 5.42. The van der Waals surface area contributed by atoms with Crippen molar-refractivity contribution < 1.29 is 18.8 Å². The molecule has 0 saturated heterocycles. The number of rotatable bonds is 1. The molecule has 0 spiro atoms. The molecule has 2 aromatic carbocycles. The van der Waals surface area contributed by atoms with E-state index in [-0.39, 0.29) is 5.82 Å². The van der Waals surface area contributed by atoms with Gasteiger partial charge in [-0.25, -0.2) is 14.0 Å². The number of hydrogen-bond acceptors (Lipinski definition) is 3. The number of nitrogens with zero attached hydrogens (tertiary/aromatic N) is 1. The summed E-state index contributed by atoms with van der Waals surface area (Å²) in [5.41, 5.74) is 9.73. The number of benzene rings is 2. The summed E-state index contributed by atoms with van der Waals surface area (Å²) in [6.07, 6.45) is -0.434. The third-order valence-electron chi connectivity index (χ3n) is 3.97. The van der Waals surface area contributed by atoms with Crippen LogP contribution >= 0.6 is 0 Å². The van der Waals surface area contributed by atoms with Crippen molar-refractivity contribution in [2.75, 3.05) is 6.54 Å². The van der Waals surface area contributed by atoms with Crippen molar-refractivity contribution in [1.29, 1.82) is 0 Å². The number of carbonyl (C=O) groups excluding carboxylic acids is 2. The topological polar surface area (TPSA) is 84.7 Å². The number of urea groups is 1. The molecule has 7 heteroatoms. The van der Waals surface area contributed by atoms with Crippen LogP contribution in [0.3, 0.4) is 0 Å². The maximum atomic E-state index is 13.3. The van der Waals surface area contributed by atoms with Crippen molar-refractivity contribution in [3.8, 4) is 0 Å². The number of nitrogens with one attached hydrogen (secondary N) is 1. The molecule has 0 unspecified atom stereocenters. The van der Waals surface area contributed by atoms with Crippen LogP contribution in [0.5, 0.6) is 0 Å². The fourth-order valence-corrected chi connectivity index (χ4v) is 2.94. The van der Waals surface area contributed by atoms with Gasteiger partial charge in [0.05, 0.1) is 6.04 Å². The summed E-state index contributed by atoms with van der Waals surface area (Å²) in [6.45, 7) is 0.424. The number of carbonyl (C=O) groups is 2. The zero-order valence-corrected chi connectivity index (χ0v) is 12.7. The highest BCUT2D eigenvalue weighted by Gasteiger charge is 2.32. The van der Waals surface area contributed by atoms with Crippen LogP contribution in [-0.2, 0) is 11.3 Å². The molecule has 3 amide bonds. The van der Waals surface area contributed by atoms with E-state index >= 15 is 0 Å². The van der Waals surface area contributed by atoms with E-state index in [2.05, 4.69) is 4.84 Å². The molecule has 1 atom stereocenters. The van der Waals surface area contributed by atoms with E-state index in [0.717, 1.165) is 16.7 Å². The summed E-state index contributed by atoms with van der Waals surface area (Å²) in [5, 5.41) is 0. The summed E-state index contributed by atoms with van der Waals surface area (Å²) >= 11 is 0. The first kappa shape index (κ1) is 15.8. The minimum Gasteiger partial charge on any atom is -0.333 e. The Kier molecular flexibility index (Phi) is 4.33. The van der Waals surface area contributed by atoms with Crippen molar-refractivity contribution >= 4 is 12.1 Å². The van der Waals surface area contributed by atoms with Gasteiger partial charge in [-0.05, 0) is 35.2 Å². The summed E-state index contributed by atoms with van der Waals surface area (Å²) in [4.78, 5) is 29.0. The SMILES string of the molecule is NC(=O)ONC(=O)N1CCc2ccccc2[C@@H]1c1ccc(F)cc1. The van der Waals surface area contributed by atoms with Crippen LogP contribution in [0.25, 0.3) is 0 Å². The Morgan fingerprint density at radius 3 is 2.58 bits per heavy atom. The fraction of sp³-hybridized carbons (Fsp3) is 0.176. The smallest absolute Gasteiger partial charge is 0.333 e. The Labute approximate surface area is 138 Å². The zero-order chi connectivity index (χ0) is 17.1. The van der Waals surface area contributed by atoms with E-state index < -0.39 is 18.2 Å². The number of halogens is 1. The minimum absolute atomic E-state index is 0.351. The van der Waals surface area contributed by atoms with Crippen LogP contribution in [0, 0.1) is 5.82 Å². The van der Waals surface area contributed by atoms with Gasteiger partial charge in [-0.2, -0.15) is 5.48 Å². The lowest BCUT2D eigenvalue weighted by atomic mass is 9.88. The fourth-order valence-electron chi connectivity index (χ4n) is 2.94. The third kappa shape index (κ3) is 3.15. The summed E-state index contributed by atoms with van der Waals surface area (Å²) in [6, 6.07) is 12.7. The van der Waals surface area contributed by atoms with E-state index in [4.69, 9.17) is 5.73 Å². The molecule has 1 aliphatic heterocycles. The number of primary amides is 1. The van der Waals surface area contributed by atoms with Crippen LogP contribution in [-0.4, -0.2) is 23.6 Å². The molecule has 1 heterocycles. The molecule has 0 aromatic heterocycles. The molecule has 0 aliphatic carbocycles. The Morgan fingerprint density at radius 1 is 1.17 bits per heavy atom. The van der Waals surface area contributed by atoms with Crippen LogP contribution in [0.2, 0.25) is 0 Å². The first-order valence-corrected chi connectivity index (χ1v) is 7.42. The van der Waals surface area contributed by atoms with Crippen molar-refractivity contribution in [3.63, 3.8) is 0 Å². The quantitative estimate of drug-likeness (QED) is 0.788. The lowest BCUT2D eigenvalue weighted by molar-refractivity contribution is 0.0869. The second kappa shape index (κ2) is 6.57. The monoisotopic (exact) mass is 329 g/mol. The van der Waals surface area contributed by atoms with E-state index in [1.54, 1.807) is 12.1 Å². The van der Waals surface area contributed by atoms with Crippen molar-refractivity contribution in [3.05, 3.63) is 71.0 Å².